The van der Waals surface area contributed by atoms with Crippen molar-refractivity contribution >= 4 is 16.9 Å². The van der Waals surface area contributed by atoms with E-state index in [1.807, 2.05) is 48.4 Å². The molecule has 1 aliphatic rings. The summed E-state index contributed by atoms with van der Waals surface area (Å²) in [7, 11) is 2.02. The zero-order valence-corrected chi connectivity index (χ0v) is 22.8. The van der Waals surface area contributed by atoms with Crippen LogP contribution in [0.4, 0.5) is 5.95 Å². The maximum absolute atomic E-state index is 4.87. The van der Waals surface area contributed by atoms with Gasteiger partial charge in [0, 0.05) is 60.3 Å². The Morgan fingerprint density at radius 2 is 1.69 bits per heavy atom. The van der Waals surface area contributed by atoms with E-state index in [0.29, 0.717) is 23.9 Å². The third-order valence-corrected chi connectivity index (χ3v) is 7.65. The molecule has 0 amide bonds. The number of nitrogens with zero attached hydrogens (tertiary/aromatic N) is 5. The van der Waals surface area contributed by atoms with Gasteiger partial charge < -0.3 is 10.6 Å². The fraction of sp³-hybridized carbons (Fsp3) is 0.312. The van der Waals surface area contributed by atoms with Gasteiger partial charge in [-0.05, 0) is 61.1 Å². The van der Waals surface area contributed by atoms with Gasteiger partial charge in [-0.15, -0.1) is 0 Å². The van der Waals surface area contributed by atoms with E-state index in [1.54, 1.807) is 0 Å². The first-order valence-corrected chi connectivity index (χ1v) is 13.8. The lowest BCUT2D eigenvalue weighted by atomic mass is 10.0. The van der Waals surface area contributed by atoms with Crippen LogP contribution in [0.2, 0.25) is 0 Å². The molecule has 2 unspecified atom stereocenters. The molecule has 1 aliphatic carbocycles. The minimum absolute atomic E-state index is 0.359. The van der Waals surface area contributed by atoms with E-state index in [9.17, 15) is 0 Å². The molecule has 6 rings (SSSR count). The summed E-state index contributed by atoms with van der Waals surface area (Å²) in [6.07, 6.45) is 6.97. The summed E-state index contributed by atoms with van der Waals surface area (Å²) in [6.45, 7) is 5.28. The van der Waals surface area contributed by atoms with Crippen LogP contribution in [0.15, 0.2) is 79.1 Å². The molecule has 2 atom stereocenters. The maximum Gasteiger partial charge on any atom is 0.223 e. The van der Waals surface area contributed by atoms with Crippen LogP contribution in [0.1, 0.15) is 50.3 Å². The molecule has 3 heterocycles. The van der Waals surface area contributed by atoms with Gasteiger partial charge in [-0.2, -0.15) is 5.10 Å². The lowest BCUT2D eigenvalue weighted by Crippen LogP contribution is -2.28. The van der Waals surface area contributed by atoms with Gasteiger partial charge in [0.15, 0.2) is 0 Å². The summed E-state index contributed by atoms with van der Waals surface area (Å²) in [5, 5.41) is 13.2. The van der Waals surface area contributed by atoms with Gasteiger partial charge in [-0.3, -0.25) is 9.67 Å². The van der Waals surface area contributed by atoms with Gasteiger partial charge in [0.1, 0.15) is 0 Å². The smallest absolute Gasteiger partial charge is 0.223 e. The van der Waals surface area contributed by atoms with Crippen molar-refractivity contribution in [3.05, 3.63) is 90.4 Å². The van der Waals surface area contributed by atoms with Crippen LogP contribution in [0, 0.1) is 0 Å². The topological polar surface area (TPSA) is 80.6 Å². The highest BCUT2D eigenvalue weighted by molar-refractivity contribution is 5.86. The number of hydrogen-bond donors (Lipinski definition) is 2. The van der Waals surface area contributed by atoms with E-state index in [1.165, 1.54) is 16.6 Å². The zero-order valence-electron chi connectivity index (χ0n) is 22.8. The molecule has 0 aliphatic heterocycles. The SMILES string of the molecule is CC(C)c1c2cc(-c3ccnc(NC4CCC(NCc5ccc(-c6ccccn6)cc5)C4)n3)ccc2nn1C. The average molecular weight is 518 g/mol. The molecule has 7 heteroatoms. The largest absolute Gasteiger partial charge is 0.351 e. The molecular formula is C32H35N7. The maximum atomic E-state index is 4.87. The number of nitrogens with one attached hydrogen (secondary N) is 2. The molecule has 3 aromatic heterocycles. The summed E-state index contributed by atoms with van der Waals surface area (Å²) in [4.78, 5) is 13.8. The Bertz CT molecular complexity index is 1560. The molecule has 0 radical (unpaired) electrons. The van der Waals surface area contributed by atoms with Crippen LogP contribution in [-0.4, -0.2) is 36.8 Å². The second kappa shape index (κ2) is 10.9. The van der Waals surface area contributed by atoms with Crippen molar-refractivity contribution in [2.75, 3.05) is 5.32 Å². The summed E-state index contributed by atoms with van der Waals surface area (Å²) >= 11 is 0. The number of rotatable bonds is 8. The highest BCUT2D eigenvalue weighted by Crippen LogP contribution is 2.30. The van der Waals surface area contributed by atoms with Gasteiger partial charge in [0.2, 0.25) is 5.95 Å². The van der Waals surface area contributed by atoms with E-state index >= 15 is 0 Å². The number of benzene rings is 2. The average Bonchev–Trinajstić information content (AvgIpc) is 3.55. The molecule has 2 N–H and O–H groups in total. The Morgan fingerprint density at radius 3 is 2.49 bits per heavy atom. The van der Waals surface area contributed by atoms with Gasteiger partial charge in [-0.1, -0.05) is 50.2 Å². The van der Waals surface area contributed by atoms with Crippen molar-refractivity contribution in [2.45, 2.75) is 57.7 Å². The molecule has 5 aromatic rings. The van der Waals surface area contributed by atoms with Gasteiger partial charge in [0.25, 0.3) is 0 Å². The van der Waals surface area contributed by atoms with Crippen LogP contribution in [-0.2, 0) is 13.6 Å². The van der Waals surface area contributed by atoms with E-state index < -0.39 is 0 Å². The number of anilines is 1. The minimum atomic E-state index is 0.359. The molecule has 0 bridgehead atoms. The van der Waals surface area contributed by atoms with Crippen LogP contribution in [0.5, 0.6) is 0 Å². The normalized spacial score (nSPS) is 17.2. The van der Waals surface area contributed by atoms with Crippen LogP contribution in [0.25, 0.3) is 33.4 Å². The Hall–Kier alpha value is -4.10. The Labute approximate surface area is 229 Å². The van der Waals surface area contributed by atoms with Crippen LogP contribution < -0.4 is 10.6 Å². The van der Waals surface area contributed by atoms with E-state index in [2.05, 4.69) is 82.0 Å². The second-order valence-electron chi connectivity index (χ2n) is 10.8. The summed E-state index contributed by atoms with van der Waals surface area (Å²) < 4.78 is 1.99. The molecule has 1 fully saturated rings. The first-order chi connectivity index (χ1) is 19.0. The number of hydrogen-bond acceptors (Lipinski definition) is 6. The predicted molar refractivity (Wildman–Crippen MR) is 157 cm³/mol. The van der Waals surface area contributed by atoms with Gasteiger partial charge in [0.05, 0.1) is 16.9 Å². The van der Waals surface area contributed by atoms with E-state index in [-0.39, 0.29) is 0 Å². The fourth-order valence-corrected chi connectivity index (χ4v) is 5.72. The van der Waals surface area contributed by atoms with Crippen LogP contribution in [0.3, 0.4) is 0 Å². The molecule has 0 spiro atoms. The van der Waals surface area contributed by atoms with Crippen molar-refractivity contribution in [1.82, 2.24) is 30.0 Å². The molecular weight excluding hydrogens is 482 g/mol. The molecule has 2 aromatic carbocycles. The van der Waals surface area contributed by atoms with Crippen molar-refractivity contribution in [3.63, 3.8) is 0 Å². The quantitative estimate of drug-likeness (QED) is 0.250. The minimum Gasteiger partial charge on any atom is -0.351 e. The Kier molecular flexibility index (Phi) is 7.07. The third-order valence-electron chi connectivity index (χ3n) is 7.65. The summed E-state index contributed by atoms with van der Waals surface area (Å²) in [5.74, 6) is 1.09. The highest BCUT2D eigenvalue weighted by atomic mass is 15.3. The van der Waals surface area contributed by atoms with Gasteiger partial charge >= 0.3 is 0 Å². The first-order valence-electron chi connectivity index (χ1n) is 13.8. The summed E-state index contributed by atoms with van der Waals surface area (Å²) in [5.41, 5.74) is 7.71. The fourth-order valence-electron chi connectivity index (χ4n) is 5.72. The Morgan fingerprint density at radius 1 is 0.872 bits per heavy atom. The molecule has 0 saturated heterocycles. The lowest BCUT2D eigenvalue weighted by molar-refractivity contribution is 0.520. The first kappa shape index (κ1) is 25.2. The monoisotopic (exact) mass is 517 g/mol. The van der Waals surface area contributed by atoms with Crippen molar-refractivity contribution < 1.29 is 0 Å². The molecule has 39 heavy (non-hydrogen) atoms. The second-order valence-corrected chi connectivity index (χ2v) is 10.8. The van der Waals surface area contributed by atoms with Gasteiger partial charge in [-0.25, -0.2) is 9.97 Å². The highest BCUT2D eigenvalue weighted by Gasteiger charge is 2.25. The van der Waals surface area contributed by atoms with Crippen molar-refractivity contribution in [1.29, 1.82) is 0 Å². The number of pyridine rings is 1. The van der Waals surface area contributed by atoms with E-state index in [0.717, 1.165) is 53.8 Å². The Balaban J connectivity index is 1.07. The van der Waals surface area contributed by atoms with E-state index in [4.69, 9.17) is 4.98 Å². The lowest BCUT2D eigenvalue weighted by Gasteiger charge is -2.15. The zero-order chi connectivity index (χ0) is 26.8. The third kappa shape index (κ3) is 5.54. The molecule has 198 valence electrons. The van der Waals surface area contributed by atoms with Crippen LogP contribution >= 0.6 is 0 Å². The number of aromatic nitrogens is 5. The number of aryl methyl sites for hydroxylation is 1. The standard InChI is InChI=1S/C32H35N7/c1-21(2)31-27-18-24(11-14-30(27)38-39(31)3)29-15-17-34-32(37-29)36-26-13-12-25(19-26)35-20-22-7-9-23(10-8-22)28-6-4-5-16-33-28/h4-11,14-18,21,25-26,35H,12-13,19-20H2,1-3H3,(H,34,36,37). The summed E-state index contributed by atoms with van der Waals surface area (Å²) in [6, 6.07) is 23.9. The van der Waals surface area contributed by atoms with Crippen molar-refractivity contribution in [3.8, 4) is 22.5 Å². The predicted octanol–water partition coefficient (Wildman–Crippen LogP) is 6.34. The number of fused-ring (bicyclic) bond motifs is 1. The van der Waals surface area contributed by atoms with Crippen molar-refractivity contribution in [2.24, 2.45) is 7.05 Å². The molecule has 7 nitrogen and oxygen atoms in total. The molecule has 1 saturated carbocycles.